The number of hydrogen-bond acceptors (Lipinski definition) is 3. The van der Waals surface area contributed by atoms with Crippen LogP contribution in [0.2, 0.25) is 0 Å². The molecule has 4 nitrogen and oxygen atoms in total. The van der Waals surface area contributed by atoms with Crippen LogP contribution in [-0.2, 0) is 4.74 Å². The van der Waals surface area contributed by atoms with Crippen LogP contribution in [0.4, 0.5) is 9.18 Å². The number of likely N-dealkylation sites (tertiary alicyclic amines) is 1. The van der Waals surface area contributed by atoms with E-state index in [1.165, 1.54) is 4.90 Å². The lowest BCUT2D eigenvalue weighted by molar-refractivity contribution is 0.0122. The molecule has 15 heavy (non-hydrogen) atoms. The van der Waals surface area contributed by atoms with Crippen molar-refractivity contribution in [3.05, 3.63) is 0 Å². The zero-order valence-electron chi connectivity index (χ0n) is 9.36. The number of ether oxygens (including phenoxy) is 1. The molecule has 0 aromatic rings. The molecule has 0 aromatic carbocycles. The Bertz CT molecular complexity index is 239. The van der Waals surface area contributed by atoms with Crippen molar-refractivity contribution in [2.24, 2.45) is 0 Å². The van der Waals surface area contributed by atoms with Crippen molar-refractivity contribution in [1.29, 1.82) is 0 Å². The van der Waals surface area contributed by atoms with Crippen LogP contribution in [0.3, 0.4) is 0 Å². The number of carbonyl (C=O) groups is 1. The molecule has 1 fully saturated rings. The van der Waals surface area contributed by atoms with E-state index in [-0.39, 0.29) is 0 Å². The van der Waals surface area contributed by atoms with Gasteiger partial charge in [0.1, 0.15) is 12.3 Å². The number of aliphatic hydroxyl groups is 1. The Balaban J connectivity index is 2.60. The van der Waals surface area contributed by atoms with Gasteiger partial charge in [-0.15, -0.1) is 0 Å². The largest absolute Gasteiger partial charge is 0.444 e. The summed E-state index contributed by atoms with van der Waals surface area (Å²) in [5, 5.41) is 9.42. The summed E-state index contributed by atoms with van der Waals surface area (Å²) in [7, 11) is 0. The summed E-state index contributed by atoms with van der Waals surface area (Å²) < 4.78 is 17.7. The van der Waals surface area contributed by atoms with Gasteiger partial charge in [0.05, 0.1) is 12.1 Å². The molecule has 0 bridgehead atoms. The molecule has 0 saturated carbocycles. The molecule has 0 radical (unpaired) electrons. The van der Waals surface area contributed by atoms with E-state index < -0.39 is 30.5 Å². The molecule has 1 N–H and O–H groups in total. The maximum atomic E-state index is 12.6. The first-order chi connectivity index (χ1) is 6.85. The van der Waals surface area contributed by atoms with Crippen LogP contribution in [0.25, 0.3) is 0 Å². The van der Waals surface area contributed by atoms with Crippen molar-refractivity contribution in [2.45, 2.75) is 44.9 Å². The maximum Gasteiger partial charge on any atom is 0.410 e. The molecule has 0 unspecified atom stereocenters. The van der Waals surface area contributed by atoms with Crippen molar-refractivity contribution >= 4 is 6.09 Å². The zero-order chi connectivity index (χ0) is 11.6. The summed E-state index contributed by atoms with van der Waals surface area (Å²) in [6.45, 7) is 4.87. The van der Waals surface area contributed by atoms with Gasteiger partial charge in [-0.05, 0) is 27.2 Å². The number of carbonyl (C=O) groups excluding carboxylic acids is 1. The smallest absolute Gasteiger partial charge is 0.410 e. The molecule has 1 amide bonds. The predicted octanol–water partition coefficient (Wildman–Crippen LogP) is 1.33. The molecule has 1 heterocycles. The van der Waals surface area contributed by atoms with E-state index in [1.807, 2.05) is 0 Å². The number of nitrogens with zero attached hydrogens (tertiary/aromatic N) is 1. The van der Waals surface area contributed by atoms with E-state index in [2.05, 4.69) is 0 Å². The van der Waals surface area contributed by atoms with Gasteiger partial charge in [0, 0.05) is 6.54 Å². The van der Waals surface area contributed by atoms with Gasteiger partial charge in [-0.1, -0.05) is 0 Å². The van der Waals surface area contributed by atoms with Crippen molar-refractivity contribution in [2.75, 3.05) is 13.2 Å². The second-order valence-corrected chi connectivity index (χ2v) is 4.75. The average molecular weight is 219 g/mol. The lowest BCUT2D eigenvalue weighted by Crippen LogP contribution is -2.43. The van der Waals surface area contributed by atoms with Gasteiger partial charge in [-0.25, -0.2) is 9.18 Å². The van der Waals surface area contributed by atoms with Crippen molar-refractivity contribution in [3.8, 4) is 0 Å². The Morgan fingerprint density at radius 3 is 2.67 bits per heavy atom. The van der Waals surface area contributed by atoms with E-state index in [4.69, 9.17) is 4.74 Å². The molecule has 5 heteroatoms. The minimum absolute atomic E-state index is 0.352. The summed E-state index contributed by atoms with van der Waals surface area (Å²) >= 11 is 0. The van der Waals surface area contributed by atoms with E-state index in [1.54, 1.807) is 20.8 Å². The number of halogens is 1. The zero-order valence-corrected chi connectivity index (χ0v) is 9.36. The molecule has 1 saturated heterocycles. The summed E-state index contributed by atoms with van der Waals surface area (Å²) in [6, 6.07) is -0.750. The van der Waals surface area contributed by atoms with Crippen LogP contribution in [-0.4, -0.2) is 47.1 Å². The highest BCUT2D eigenvalue weighted by Gasteiger charge is 2.38. The second kappa shape index (κ2) is 4.35. The van der Waals surface area contributed by atoms with E-state index in [9.17, 15) is 14.3 Å². The lowest BCUT2D eigenvalue weighted by Gasteiger charge is -2.27. The molecule has 88 valence electrons. The third kappa shape index (κ3) is 3.06. The number of hydrogen-bond donors (Lipinski definition) is 1. The first-order valence-corrected chi connectivity index (χ1v) is 5.09. The van der Waals surface area contributed by atoms with E-state index >= 15 is 0 Å². The monoisotopic (exact) mass is 219 g/mol. The number of rotatable bonds is 1. The van der Waals surface area contributed by atoms with Gasteiger partial charge in [0.15, 0.2) is 0 Å². The fourth-order valence-corrected chi connectivity index (χ4v) is 1.57. The van der Waals surface area contributed by atoms with Gasteiger partial charge in [-0.3, -0.25) is 4.90 Å². The lowest BCUT2D eigenvalue weighted by atomic mass is 10.2. The molecular weight excluding hydrogens is 201 g/mol. The average Bonchev–Trinajstić information content (AvgIpc) is 2.43. The topological polar surface area (TPSA) is 49.8 Å². The Morgan fingerprint density at radius 1 is 1.60 bits per heavy atom. The third-order valence-electron chi connectivity index (χ3n) is 2.30. The molecule has 1 aliphatic rings. The Hall–Kier alpha value is -0.840. The minimum atomic E-state index is -0.775. The van der Waals surface area contributed by atoms with Crippen molar-refractivity contribution in [1.82, 2.24) is 4.90 Å². The first kappa shape index (κ1) is 12.2. The van der Waals surface area contributed by atoms with Gasteiger partial charge in [0.25, 0.3) is 0 Å². The number of aliphatic hydroxyl groups excluding tert-OH is 1. The highest BCUT2D eigenvalue weighted by molar-refractivity contribution is 5.69. The first-order valence-electron chi connectivity index (χ1n) is 5.09. The summed E-state index contributed by atoms with van der Waals surface area (Å²) in [6.07, 6.45) is -0.919. The highest BCUT2D eigenvalue weighted by Crippen LogP contribution is 2.21. The number of amides is 1. The third-order valence-corrected chi connectivity index (χ3v) is 2.30. The SMILES string of the molecule is CC(C)(C)OC(=O)N1CC[C@H](O)[C@H]1CF. The van der Waals surface area contributed by atoms with Crippen LogP contribution in [0.15, 0.2) is 0 Å². The van der Waals surface area contributed by atoms with Crippen LogP contribution < -0.4 is 0 Å². The van der Waals surface area contributed by atoms with Crippen molar-refractivity contribution in [3.63, 3.8) is 0 Å². The normalized spacial score (nSPS) is 26.9. The molecule has 0 aliphatic carbocycles. The maximum absolute atomic E-state index is 12.6. The standard InChI is InChI=1S/C10H18FNO3/c1-10(2,3)15-9(14)12-5-4-8(13)7(12)6-11/h7-8,13H,4-6H2,1-3H3/t7-,8+/m1/s1. The van der Waals surface area contributed by atoms with Gasteiger partial charge < -0.3 is 9.84 Å². The quantitative estimate of drug-likeness (QED) is 0.723. The molecular formula is C10H18FNO3. The Kier molecular flexibility index (Phi) is 3.54. The summed E-state index contributed by atoms with van der Waals surface area (Å²) in [4.78, 5) is 12.9. The fraction of sp³-hybridized carbons (Fsp3) is 0.900. The van der Waals surface area contributed by atoms with Crippen molar-refractivity contribution < 1.29 is 19.0 Å². The minimum Gasteiger partial charge on any atom is -0.444 e. The predicted molar refractivity (Wildman–Crippen MR) is 53.3 cm³/mol. The number of alkyl halides is 1. The Labute approximate surface area is 89.0 Å². The van der Waals surface area contributed by atoms with Gasteiger partial charge >= 0.3 is 6.09 Å². The molecule has 0 aromatic heterocycles. The molecule has 1 rings (SSSR count). The van der Waals surface area contributed by atoms with Gasteiger partial charge in [-0.2, -0.15) is 0 Å². The van der Waals surface area contributed by atoms with Crippen LogP contribution in [0.1, 0.15) is 27.2 Å². The summed E-state index contributed by atoms with van der Waals surface area (Å²) in [5.74, 6) is 0. The molecule has 2 atom stereocenters. The van der Waals surface area contributed by atoms with E-state index in [0.717, 1.165) is 0 Å². The summed E-state index contributed by atoms with van der Waals surface area (Å²) in [5.41, 5.74) is -0.592. The fourth-order valence-electron chi connectivity index (χ4n) is 1.57. The Morgan fingerprint density at radius 2 is 2.20 bits per heavy atom. The highest BCUT2D eigenvalue weighted by atomic mass is 19.1. The second-order valence-electron chi connectivity index (χ2n) is 4.75. The van der Waals surface area contributed by atoms with Crippen LogP contribution >= 0.6 is 0 Å². The molecule has 0 spiro atoms. The molecule has 1 aliphatic heterocycles. The van der Waals surface area contributed by atoms with Gasteiger partial charge in [0.2, 0.25) is 0 Å². The van der Waals surface area contributed by atoms with E-state index in [0.29, 0.717) is 13.0 Å². The van der Waals surface area contributed by atoms with Crippen LogP contribution in [0, 0.1) is 0 Å². The van der Waals surface area contributed by atoms with Crippen LogP contribution in [0.5, 0.6) is 0 Å².